The number of anilines is 1. The van der Waals surface area contributed by atoms with Crippen molar-refractivity contribution in [2.45, 2.75) is 46.6 Å². The van der Waals surface area contributed by atoms with Gasteiger partial charge in [-0.1, -0.05) is 32.9 Å². The maximum Gasteiger partial charge on any atom is 0.255 e. The van der Waals surface area contributed by atoms with E-state index in [4.69, 9.17) is 14.1 Å². The first-order valence-electron chi connectivity index (χ1n) is 12.8. The molecular weight excluding hydrogens is 470 g/mol. The molecule has 0 unspecified atom stereocenters. The number of thiophene rings is 1. The Morgan fingerprint density at radius 1 is 1.19 bits per heavy atom. The molecule has 1 N–H and O–H groups in total. The summed E-state index contributed by atoms with van der Waals surface area (Å²) in [7, 11) is 0. The number of ether oxygens (including phenoxy) is 1. The lowest BCUT2D eigenvalue weighted by Crippen LogP contribution is -2.36. The van der Waals surface area contributed by atoms with E-state index in [1.807, 2.05) is 18.3 Å². The highest BCUT2D eigenvalue weighted by Gasteiger charge is 2.33. The first-order chi connectivity index (χ1) is 17.4. The SMILES string of the molecule is CC(C)(C)[C@@H]1CCc2c(sc(N=Cc3ccc(N4CCOCC4)cc3)c2C(=O)NCc2ccco2)C1. The average molecular weight is 506 g/mol. The number of hydrogen-bond acceptors (Lipinski definition) is 6. The van der Waals surface area contributed by atoms with Gasteiger partial charge >= 0.3 is 0 Å². The molecule has 0 bridgehead atoms. The summed E-state index contributed by atoms with van der Waals surface area (Å²) in [5, 5.41) is 3.84. The molecule has 0 radical (unpaired) electrons. The van der Waals surface area contributed by atoms with Crippen LogP contribution < -0.4 is 10.2 Å². The second-order valence-electron chi connectivity index (χ2n) is 10.7. The molecule has 5 rings (SSSR count). The van der Waals surface area contributed by atoms with Gasteiger partial charge in [-0.2, -0.15) is 0 Å². The molecular formula is C29H35N3O3S. The molecule has 2 aliphatic rings. The number of aliphatic imine (C=N–C) groups is 1. The van der Waals surface area contributed by atoms with Crippen LogP contribution in [0.2, 0.25) is 0 Å². The van der Waals surface area contributed by atoms with Gasteiger partial charge in [0.1, 0.15) is 10.8 Å². The lowest BCUT2D eigenvalue weighted by atomic mass is 9.72. The van der Waals surface area contributed by atoms with E-state index in [-0.39, 0.29) is 11.3 Å². The number of morpholine rings is 1. The largest absolute Gasteiger partial charge is 0.467 e. The first-order valence-corrected chi connectivity index (χ1v) is 13.6. The Kier molecular flexibility index (Phi) is 7.30. The van der Waals surface area contributed by atoms with Crippen molar-refractivity contribution in [2.75, 3.05) is 31.2 Å². The van der Waals surface area contributed by atoms with Crippen molar-refractivity contribution < 1.29 is 13.9 Å². The Morgan fingerprint density at radius 2 is 1.97 bits per heavy atom. The summed E-state index contributed by atoms with van der Waals surface area (Å²) in [6.45, 7) is 10.7. The summed E-state index contributed by atoms with van der Waals surface area (Å²) in [5.74, 6) is 1.27. The summed E-state index contributed by atoms with van der Waals surface area (Å²) < 4.78 is 10.9. The van der Waals surface area contributed by atoms with Crippen molar-refractivity contribution >= 4 is 34.1 Å². The van der Waals surface area contributed by atoms with Crippen LogP contribution in [0.3, 0.4) is 0 Å². The van der Waals surface area contributed by atoms with Crippen molar-refractivity contribution in [1.82, 2.24) is 5.32 Å². The first kappa shape index (κ1) is 24.8. The number of nitrogens with one attached hydrogen (secondary N) is 1. The smallest absolute Gasteiger partial charge is 0.255 e. The van der Waals surface area contributed by atoms with E-state index in [0.29, 0.717) is 12.5 Å². The number of benzene rings is 1. The van der Waals surface area contributed by atoms with E-state index in [0.717, 1.165) is 67.5 Å². The fourth-order valence-electron chi connectivity index (χ4n) is 5.03. The molecule has 2 aromatic heterocycles. The van der Waals surface area contributed by atoms with Crippen LogP contribution in [0, 0.1) is 11.3 Å². The molecule has 0 saturated carbocycles. The second-order valence-corrected chi connectivity index (χ2v) is 11.8. The van der Waals surface area contributed by atoms with E-state index >= 15 is 0 Å². The fourth-order valence-corrected chi connectivity index (χ4v) is 6.30. The Bertz CT molecular complexity index is 1200. The van der Waals surface area contributed by atoms with Gasteiger partial charge in [-0.05, 0) is 66.0 Å². The highest BCUT2D eigenvalue weighted by atomic mass is 32.1. The van der Waals surface area contributed by atoms with Crippen molar-refractivity contribution in [3.8, 4) is 0 Å². The molecule has 1 fully saturated rings. The molecule has 1 atom stereocenters. The molecule has 6 nitrogen and oxygen atoms in total. The normalized spacial score (nSPS) is 18.4. The monoisotopic (exact) mass is 505 g/mol. The van der Waals surface area contributed by atoms with Gasteiger partial charge < -0.3 is 19.4 Å². The van der Waals surface area contributed by atoms with Crippen LogP contribution in [-0.4, -0.2) is 38.4 Å². The minimum Gasteiger partial charge on any atom is -0.467 e. The molecule has 7 heteroatoms. The van der Waals surface area contributed by atoms with Crippen LogP contribution in [0.25, 0.3) is 0 Å². The number of amides is 1. The average Bonchev–Trinajstić information content (AvgIpc) is 3.53. The van der Waals surface area contributed by atoms with Gasteiger partial charge in [0, 0.05) is 29.9 Å². The molecule has 190 valence electrons. The summed E-state index contributed by atoms with van der Waals surface area (Å²) in [6.07, 6.45) is 6.52. The van der Waals surface area contributed by atoms with Crippen LogP contribution in [0.1, 0.15) is 59.3 Å². The van der Waals surface area contributed by atoms with Crippen molar-refractivity contribution in [2.24, 2.45) is 16.3 Å². The summed E-state index contributed by atoms with van der Waals surface area (Å²) >= 11 is 1.67. The van der Waals surface area contributed by atoms with Crippen LogP contribution in [0.4, 0.5) is 10.7 Å². The number of fused-ring (bicyclic) bond motifs is 1. The standard InChI is InChI=1S/C29H35N3O3S/c1-29(2,3)21-8-11-24-25(17-21)36-28(26(24)27(33)30-19-23-5-4-14-35-23)31-18-20-6-9-22(10-7-20)32-12-15-34-16-13-32/h4-7,9-10,14,18,21H,8,11-13,15-17,19H2,1-3H3,(H,30,33)/t21-/m1/s1. The lowest BCUT2D eigenvalue weighted by molar-refractivity contribution is 0.0947. The van der Waals surface area contributed by atoms with Crippen molar-refractivity contribution in [3.63, 3.8) is 0 Å². The maximum atomic E-state index is 13.4. The van der Waals surface area contributed by atoms with Gasteiger partial charge in [-0.3, -0.25) is 4.79 Å². The van der Waals surface area contributed by atoms with E-state index in [1.54, 1.807) is 17.6 Å². The number of carbonyl (C=O) groups excluding carboxylic acids is 1. The van der Waals surface area contributed by atoms with E-state index < -0.39 is 0 Å². The minimum absolute atomic E-state index is 0.0760. The van der Waals surface area contributed by atoms with Crippen molar-refractivity contribution in [3.05, 3.63) is 70.0 Å². The Morgan fingerprint density at radius 3 is 2.67 bits per heavy atom. The maximum absolute atomic E-state index is 13.4. The van der Waals surface area contributed by atoms with Crippen LogP contribution in [-0.2, 0) is 24.1 Å². The van der Waals surface area contributed by atoms with Crippen LogP contribution in [0.5, 0.6) is 0 Å². The van der Waals surface area contributed by atoms with Crippen LogP contribution in [0.15, 0.2) is 52.1 Å². The zero-order chi connectivity index (χ0) is 25.1. The Labute approximate surface area is 217 Å². The fraction of sp³-hybridized carbons (Fsp3) is 0.448. The summed E-state index contributed by atoms with van der Waals surface area (Å²) in [6, 6.07) is 12.2. The van der Waals surface area contributed by atoms with Gasteiger partial charge in [-0.15, -0.1) is 11.3 Å². The third-order valence-electron chi connectivity index (χ3n) is 7.30. The number of rotatable bonds is 6. The van der Waals surface area contributed by atoms with Gasteiger partial charge in [0.15, 0.2) is 0 Å². The summed E-state index contributed by atoms with van der Waals surface area (Å²) in [4.78, 5) is 21.9. The summed E-state index contributed by atoms with van der Waals surface area (Å²) in [5.41, 5.74) is 4.37. The van der Waals surface area contributed by atoms with Crippen molar-refractivity contribution in [1.29, 1.82) is 0 Å². The molecule has 1 saturated heterocycles. The predicted octanol–water partition coefficient (Wildman–Crippen LogP) is 6.01. The predicted molar refractivity (Wildman–Crippen MR) is 146 cm³/mol. The molecule has 0 spiro atoms. The Hall–Kier alpha value is -2.90. The van der Waals surface area contributed by atoms with Gasteiger partial charge in [0.2, 0.25) is 0 Å². The molecule has 1 aromatic carbocycles. The second kappa shape index (κ2) is 10.6. The molecule has 3 aromatic rings. The Balaban J connectivity index is 1.38. The van der Waals surface area contributed by atoms with E-state index in [2.05, 4.69) is 55.3 Å². The quantitative estimate of drug-likeness (QED) is 0.417. The topological polar surface area (TPSA) is 67.1 Å². The highest BCUT2D eigenvalue weighted by Crippen LogP contribution is 2.45. The van der Waals surface area contributed by atoms with E-state index in [9.17, 15) is 4.79 Å². The molecule has 1 aliphatic carbocycles. The van der Waals surface area contributed by atoms with Gasteiger partial charge in [-0.25, -0.2) is 4.99 Å². The molecule has 1 amide bonds. The zero-order valence-corrected chi connectivity index (χ0v) is 22.2. The zero-order valence-electron chi connectivity index (χ0n) is 21.4. The van der Waals surface area contributed by atoms with Gasteiger partial charge in [0.25, 0.3) is 5.91 Å². The molecule has 1 aliphatic heterocycles. The highest BCUT2D eigenvalue weighted by molar-refractivity contribution is 7.16. The minimum atomic E-state index is -0.0760. The third kappa shape index (κ3) is 5.57. The van der Waals surface area contributed by atoms with Crippen LogP contribution >= 0.6 is 11.3 Å². The number of hydrogen-bond donors (Lipinski definition) is 1. The number of carbonyl (C=O) groups is 1. The van der Waals surface area contributed by atoms with Gasteiger partial charge in [0.05, 0.1) is 31.6 Å². The lowest BCUT2D eigenvalue weighted by Gasteiger charge is -2.33. The van der Waals surface area contributed by atoms with E-state index in [1.165, 1.54) is 16.1 Å². The molecule has 36 heavy (non-hydrogen) atoms. The number of furan rings is 1. The third-order valence-corrected chi connectivity index (χ3v) is 8.46. The number of nitrogens with zero attached hydrogens (tertiary/aromatic N) is 2. The molecule has 3 heterocycles.